The van der Waals surface area contributed by atoms with Gasteiger partial charge in [-0.3, -0.25) is 0 Å². The van der Waals surface area contributed by atoms with Crippen LogP contribution < -0.4 is 27.1 Å². The molecule has 6 aromatic carbocycles. The topological polar surface area (TPSA) is 124 Å². The monoisotopic (exact) mass is 826 g/mol. The van der Waals surface area contributed by atoms with Gasteiger partial charge in [0, 0.05) is 0 Å². The van der Waals surface area contributed by atoms with Crippen LogP contribution in [0.15, 0.2) is 131 Å². The summed E-state index contributed by atoms with van der Waals surface area (Å²) in [6, 6.07) is 32.2. The van der Waals surface area contributed by atoms with Crippen LogP contribution in [0.5, 0.6) is 34.5 Å². The maximum absolute atomic E-state index is 14.5. The van der Waals surface area contributed by atoms with Crippen LogP contribution >= 0.6 is 15.6 Å². The van der Waals surface area contributed by atoms with Gasteiger partial charge in [-0.2, -0.15) is 9.13 Å². The van der Waals surface area contributed by atoms with E-state index in [1.54, 1.807) is 48.5 Å². The maximum atomic E-state index is 14.5. The molecule has 296 valence electrons. The molecule has 0 atom stereocenters. The van der Waals surface area contributed by atoms with E-state index in [2.05, 4.69) is 0 Å². The summed E-state index contributed by atoms with van der Waals surface area (Å²) in [7, 11) is -13.3. The minimum Gasteiger partial charge on any atom is -0.386 e. The smallest absolute Gasteiger partial charge is 0.386 e. The molecule has 0 radical (unpaired) electrons. The van der Waals surface area contributed by atoms with Gasteiger partial charge >= 0.3 is 15.6 Å². The summed E-state index contributed by atoms with van der Waals surface area (Å²) in [6.07, 6.45) is 0. The van der Waals surface area contributed by atoms with Crippen LogP contribution in [0.1, 0.15) is 44.5 Å². The van der Waals surface area contributed by atoms with Gasteiger partial charge in [-0.05, 0) is 161 Å². The van der Waals surface area contributed by atoms with Crippen molar-refractivity contribution in [3.8, 4) is 34.5 Å². The van der Waals surface area contributed by atoms with Crippen LogP contribution in [-0.4, -0.2) is 8.42 Å². The zero-order valence-electron chi connectivity index (χ0n) is 32.9. The molecule has 0 bridgehead atoms. The fourth-order valence-electron chi connectivity index (χ4n) is 5.68. The number of hydrogen-bond donors (Lipinski definition) is 0. The van der Waals surface area contributed by atoms with Gasteiger partial charge in [-0.25, -0.2) is 8.42 Å². The van der Waals surface area contributed by atoms with Crippen molar-refractivity contribution in [2.75, 3.05) is 0 Å². The Balaban J connectivity index is 1.32. The van der Waals surface area contributed by atoms with E-state index in [0.29, 0.717) is 0 Å². The lowest BCUT2D eigenvalue weighted by atomic mass is 10.1. The van der Waals surface area contributed by atoms with Crippen LogP contribution in [0.4, 0.5) is 0 Å². The molecule has 0 fully saturated rings. The van der Waals surface area contributed by atoms with Crippen molar-refractivity contribution in [3.05, 3.63) is 166 Å². The van der Waals surface area contributed by atoms with E-state index >= 15 is 0 Å². The predicted octanol–water partition coefficient (Wildman–Crippen LogP) is 12.3. The molecule has 0 saturated carbocycles. The Hall–Kier alpha value is -5.47. The third kappa shape index (κ3) is 9.40. The summed E-state index contributed by atoms with van der Waals surface area (Å²) < 4.78 is 93.3. The summed E-state index contributed by atoms with van der Waals surface area (Å²) >= 11 is 0. The average molecular weight is 827 g/mol. The first-order valence-corrected chi connectivity index (χ1v) is 22.5. The number of hydrogen-bond acceptors (Lipinski definition) is 10. The number of phosphoric ester groups is 2. The first kappa shape index (κ1) is 41.2. The van der Waals surface area contributed by atoms with Crippen LogP contribution in [0.25, 0.3) is 0 Å². The number of benzene rings is 6. The lowest BCUT2D eigenvalue weighted by molar-refractivity contribution is 0.295. The minimum atomic E-state index is -4.50. The molecule has 0 aromatic heterocycles. The fraction of sp³-hybridized carbons (Fsp3) is 0.182. The molecule has 10 nitrogen and oxygen atoms in total. The number of rotatable bonds is 14. The van der Waals surface area contributed by atoms with E-state index in [9.17, 15) is 17.5 Å². The van der Waals surface area contributed by atoms with Gasteiger partial charge in [0.15, 0.2) is 0 Å². The van der Waals surface area contributed by atoms with E-state index in [0.717, 1.165) is 44.5 Å². The van der Waals surface area contributed by atoms with Gasteiger partial charge in [0.2, 0.25) is 9.84 Å². The molecule has 0 saturated heterocycles. The summed E-state index contributed by atoms with van der Waals surface area (Å²) in [6.45, 7) is 14.9. The molecule has 13 heteroatoms. The Labute approximate surface area is 334 Å². The van der Waals surface area contributed by atoms with E-state index in [4.69, 9.17) is 27.1 Å². The molecule has 0 amide bonds. The Morgan fingerprint density at radius 3 is 0.912 bits per heavy atom. The first-order chi connectivity index (χ1) is 27.0. The van der Waals surface area contributed by atoms with Gasteiger partial charge in [0.25, 0.3) is 0 Å². The summed E-state index contributed by atoms with van der Waals surface area (Å²) in [5, 5.41) is 0. The third-order valence-corrected chi connectivity index (χ3v) is 14.0. The highest BCUT2D eigenvalue weighted by molar-refractivity contribution is 7.91. The van der Waals surface area contributed by atoms with Crippen molar-refractivity contribution in [3.63, 3.8) is 0 Å². The van der Waals surface area contributed by atoms with Crippen LogP contribution in [-0.2, 0) is 19.0 Å². The van der Waals surface area contributed by atoms with Gasteiger partial charge in [0.05, 0.1) is 9.79 Å². The highest BCUT2D eigenvalue weighted by atomic mass is 32.2. The molecule has 0 aliphatic heterocycles. The van der Waals surface area contributed by atoms with Crippen molar-refractivity contribution in [1.29, 1.82) is 0 Å². The Morgan fingerprint density at radius 2 is 0.632 bits per heavy atom. The summed E-state index contributed by atoms with van der Waals surface area (Å²) in [5.74, 6) is 0.954. The van der Waals surface area contributed by atoms with Gasteiger partial charge in [-0.15, -0.1) is 0 Å². The Kier molecular flexibility index (Phi) is 12.0. The van der Waals surface area contributed by atoms with Gasteiger partial charge < -0.3 is 27.1 Å². The average Bonchev–Trinajstić information content (AvgIpc) is 3.16. The minimum absolute atomic E-state index is 0.0872. The SMILES string of the molecule is Cc1cccc(OP(=O)(Oc2cccc(S(=O)(=O)c3cccc(OP(=O)(Oc4cccc(C)c4C)Oc4cccc(C)c4C)c3)c2)Oc2cccc(C)c2C)c1C. The normalized spacial score (nSPS) is 11.8. The van der Waals surface area contributed by atoms with Crippen molar-refractivity contribution in [2.24, 2.45) is 0 Å². The number of aryl methyl sites for hydroxylation is 4. The number of phosphoric acid groups is 2. The molecule has 0 spiro atoms. The summed E-state index contributed by atoms with van der Waals surface area (Å²) in [5.41, 5.74) is 6.51. The Morgan fingerprint density at radius 1 is 0.368 bits per heavy atom. The zero-order valence-corrected chi connectivity index (χ0v) is 35.5. The molecule has 0 unspecified atom stereocenters. The van der Waals surface area contributed by atoms with Crippen LogP contribution in [0.2, 0.25) is 0 Å². The zero-order chi connectivity index (χ0) is 41.1. The van der Waals surface area contributed by atoms with Crippen molar-refractivity contribution in [2.45, 2.75) is 65.2 Å². The number of sulfone groups is 1. The van der Waals surface area contributed by atoms with Crippen LogP contribution in [0.3, 0.4) is 0 Å². The largest absolute Gasteiger partial charge is 0.647 e. The second-order valence-corrected chi connectivity index (χ2v) is 18.5. The summed E-state index contributed by atoms with van der Waals surface area (Å²) in [4.78, 5) is -0.382. The lowest BCUT2D eigenvalue weighted by Crippen LogP contribution is -2.10. The van der Waals surface area contributed by atoms with Gasteiger partial charge in [-0.1, -0.05) is 60.7 Å². The standard InChI is InChI=1S/C44H44O10P2S/c1-29-15-9-23-41(33(29)5)51-55(45,52-42-24-10-16-30(2)34(42)6)49-37-19-13-21-39(27-37)57(47,48)40-22-14-20-38(28-40)50-56(46,53-43-25-11-17-31(3)35(43)7)54-44-26-12-18-32(4)36(44)8/h9-28H,1-8H3. The second-order valence-electron chi connectivity index (χ2n) is 13.7. The molecule has 6 rings (SSSR count). The van der Waals surface area contributed by atoms with Crippen LogP contribution in [0, 0.1) is 55.4 Å². The van der Waals surface area contributed by atoms with Crippen molar-refractivity contribution < 1.29 is 44.7 Å². The molecule has 0 heterocycles. The third-order valence-electron chi connectivity index (χ3n) is 9.73. The van der Waals surface area contributed by atoms with Gasteiger partial charge in [0.1, 0.15) is 34.5 Å². The van der Waals surface area contributed by atoms with Crippen molar-refractivity contribution >= 4 is 25.5 Å². The maximum Gasteiger partial charge on any atom is 0.647 e. The van der Waals surface area contributed by atoms with E-state index in [1.807, 2.05) is 79.7 Å². The van der Waals surface area contributed by atoms with E-state index in [1.165, 1.54) is 48.5 Å². The molecular weight excluding hydrogens is 782 g/mol. The first-order valence-electron chi connectivity index (χ1n) is 18.0. The second kappa shape index (κ2) is 16.6. The quantitative estimate of drug-likeness (QED) is 0.0980. The highest BCUT2D eigenvalue weighted by Gasteiger charge is 2.37. The highest BCUT2D eigenvalue weighted by Crippen LogP contribution is 2.53. The molecule has 0 aliphatic rings. The molecule has 6 aromatic rings. The Bertz CT molecular complexity index is 2380. The van der Waals surface area contributed by atoms with E-state index in [-0.39, 0.29) is 44.3 Å². The molecule has 0 aliphatic carbocycles. The molecule has 57 heavy (non-hydrogen) atoms. The molecular formula is C44H44O10P2S. The lowest BCUT2D eigenvalue weighted by Gasteiger charge is -2.22. The predicted molar refractivity (Wildman–Crippen MR) is 221 cm³/mol. The fourth-order valence-corrected chi connectivity index (χ4v) is 9.73. The van der Waals surface area contributed by atoms with Crippen molar-refractivity contribution in [1.82, 2.24) is 0 Å². The molecule has 0 N–H and O–H groups in total. The van der Waals surface area contributed by atoms with E-state index < -0.39 is 25.5 Å².